The van der Waals surface area contributed by atoms with Crippen LogP contribution in [0.5, 0.6) is 0 Å². The van der Waals surface area contributed by atoms with Crippen molar-refractivity contribution in [3.05, 3.63) is 23.9 Å². The zero-order valence-electron chi connectivity index (χ0n) is 13.8. The van der Waals surface area contributed by atoms with Crippen molar-refractivity contribution >= 4 is 11.8 Å². The number of hydrogen-bond acceptors (Lipinski definition) is 4. The number of carbonyl (C=O) groups excluding carboxylic acids is 1. The van der Waals surface area contributed by atoms with Crippen LogP contribution in [0.15, 0.2) is 18.3 Å². The maximum Gasteiger partial charge on any atom is 0.315 e. The summed E-state index contributed by atoms with van der Waals surface area (Å²) in [7, 11) is 0. The molecule has 3 heterocycles. The number of aromatic nitrogens is 1. The average molecular weight is 318 g/mol. The van der Waals surface area contributed by atoms with E-state index in [-0.39, 0.29) is 18.2 Å². The highest BCUT2D eigenvalue weighted by Gasteiger charge is 2.23. The van der Waals surface area contributed by atoms with Gasteiger partial charge in [0.1, 0.15) is 5.82 Å². The molecule has 0 aliphatic carbocycles. The summed E-state index contributed by atoms with van der Waals surface area (Å²) < 4.78 is 5.58. The van der Waals surface area contributed by atoms with Gasteiger partial charge in [0, 0.05) is 32.4 Å². The molecule has 0 saturated carbocycles. The Labute approximate surface area is 137 Å². The molecule has 2 fully saturated rings. The van der Waals surface area contributed by atoms with Crippen molar-refractivity contribution in [2.45, 2.75) is 51.3 Å². The van der Waals surface area contributed by atoms with Gasteiger partial charge in [0.05, 0.1) is 12.1 Å². The number of carbonyl (C=O) groups is 1. The monoisotopic (exact) mass is 318 g/mol. The van der Waals surface area contributed by atoms with Gasteiger partial charge in [-0.3, -0.25) is 0 Å². The number of pyridine rings is 1. The van der Waals surface area contributed by atoms with Crippen LogP contribution in [0.25, 0.3) is 0 Å². The first kappa shape index (κ1) is 16.1. The standard InChI is InChI=1S/C17H26N4O2/c1-13(15-5-4-10-23-15)20-17(22)19-12-14-6-7-16(18-11-14)21-8-2-3-9-21/h6-7,11,13,15H,2-5,8-10,12H2,1H3,(H2,19,20,22)/t13-,15-/m1/s1. The third-order valence-electron chi connectivity index (χ3n) is 4.57. The molecule has 0 unspecified atom stereocenters. The van der Waals surface area contributed by atoms with Gasteiger partial charge in [-0.1, -0.05) is 6.07 Å². The number of anilines is 1. The summed E-state index contributed by atoms with van der Waals surface area (Å²) >= 11 is 0. The van der Waals surface area contributed by atoms with Crippen LogP contribution in [-0.4, -0.2) is 42.9 Å². The normalized spacial score (nSPS) is 22.1. The van der Waals surface area contributed by atoms with Crippen molar-refractivity contribution in [3.63, 3.8) is 0 Å². The predicted molar refractivity (Wildman–Crippen MR) is 89.5 cm³/mol. The van der Waals surface area contributed by atoms with Crippen LogP contribution in [0, 0.1) is 0 Å². The Morgan fingerprint density at radius 1 is 1.39 bits per heavy atom. The lowest BCUT2D eigenvalue weighted by atomic mass is 10.1. The van der Waals surface area contributed by atoms with Crippen molar-refractivity contribution < 1.29 is 9.53 Å². The van der Waals surface area contributed by atoms with Gasteiger partial charge < -0.3 is 20.3 Å². The van der Waals surface area contributed by atoms with E-state index >= 15 is 0 Å². The van der Waals surface area contributed by atoms with Crippen molar-refractivity contribution in [2.24, 2.45) is 0 Å². The van der Waals surface area contributed by atoms with Crippen LogP contribution >= 0.6 is 0 Å². The molecule has 0 aromatic carbocycles. The van der Waals surface area contributed by atoms with Crippen molar-refractivity contribution in [1.29, 1.82) is 0 Å². The molecule has 0 spiro atoms. The molecule has 2 aliphatic rings. The zero-order valence-corrected chi connectivity index (χ0v) is 13.8. The minimum absolute atomic E-state index is 0.0353. The summed E-state index contributed by atoms with van der Waals surface area (Å²) in [6, 6.07) is 3.95. The maximum atomic E-state index is 12.0. The molecule has 0 radical (unpaired) electrons. The Morgan fingerprint density at radius 2 is 2.22 bits per heavy atom. The van der Waals surface area contributed by atoms with E-state index in [4.69, 9.17) is 4.74 Å². The van der Waals surface area contributed by atoms with Crippen molar-refractivity contribution in [3.8, 4) is 0 Å². The Morgan fingerprint density at radius 3 is 2.87 bits per heavy atom. The lowest BCUT2D eigenvalue weighted by molar-refractivity contribution is 0.0860. The first-order chi connectivity index (χ1) is 11.2. The molecule has 2 N–H and O–H groups in total. The van der Waals surface area contributed by atoms with E-state index in [0.717, 1.165) is 43.9 Å². The van der Waals surface area contributed by atoms with Crippen LogP contribution in [-0.2, 0) is 11.3 Å². The van der Waals surface area contributed by atoms with Gasteiger partial charge in [-0.05, 0) is 44.2 Å². The molecular weight excluding hydrogens is 292 g/mol. The van der Waals surface area contributed by atoms with Crippen molar-refractivity contribution in [1.82, 2.24) is 15.6 Å². The van der Waals surface area contributed by atoms with Gasteiger partial charge in [0.25, 0.3) is 0 Å². The summed E-state index contributed by atoms with van der Waals surface area (Å²) in [5, 5.41) is 5.83. The topological polar surface area (TPSA) is 66.5 Å². The number of amides is 2. The van der Waals surface area contributed by atoms with Gasteiger partial charge in [-0.15, -0.1) is 0 Å². The fourth-order valence-corrected chi connectivity index (χ4v) is 3.18. The molecule has 3 rings (SSSR count). The highest BCUT2D eigenvalue weighted by molar-refractivity contribution is 5.74. The molecule has 2 atom stereocenters. The molecule has 2 saturated heterocycles. The number of rotatable bonds is 5. The molecule has 2 aliphatic heterocycles. The van der Waals surface area contributed by atoms with Crippen molar-refractivity contribution in [2.75, 3.05) is 24.6 Å². The van der Waals surface area contributed by atoms with Gasteiger partial charge in [0.2, 0.25) is 0 Å². The minimum Gasteiger partial charge on any atom is -0.376 e. The summed E-state index contributed by atoms with van der Waals surface area (Å²) in [4.78, 5) is 18.7. The van der Waals surface area contributed by atoms with Crippen LogP contribution in [0.3, 0.4) is 0 Å². The third kappa shape index (κ3) is 4.34. The van der Waals surface area contributed by atoms with Gasteiger partial charge in [-0.25, -0.2) is 9.78 Å². The van der Waals surface area contributed by atoms with E-state index < -0.39 is 0 Å². The van der Waals surface area contributed by atoms with Crippen LogP contribution in [0.4, 0.5) is 10.6 Å². The van der Waals surface area contributed by atoms with E-state index in [0.29, 0.717) is 6.54 Å². The van der Waals surface area contributed by atoms with Crippen LogP contribution < -0.4 is 15.5 Å². The number of urea groups is 1. The first-order valence-corrected chi connectivity index (χ1v) is 8.58. The summed E-state index contributed by atoms with van der Waals surface area (Å²) in [6.45, 7) is 5.45. The first-order valence-electron chi connectivity index (χ1n) is 8.58. The third-order valence-corrected chi connectivity index (χ3v) is 4.57. The quantitative estimate of drug-likeness (QED) is 0.872. The number of hydrogen-bond donors (Lipinski definition) is 2. The molecular formula is C17H26N4O2. The fourth-order valence-electron chi connectivity index (χ4n) is 3.18. The maximum absolute atomic E-state index is 12.0. The van der Waals surface area contributed by atoms with E-state index in [1.54, 1.807) is 0 Å². The number of nitrogens with zero attached hydrogens (tertiary/aromatic N) is 2. The summed E-state index contributed by atoms with van der Waals surface area (Å²) in [5.74, 6) is 1.03. The van der Waals surface area contributed by atoms with E-state index in [1.165, 1.54) is 12.8 Å². The second-order valence-corrected chi connectivity index (χ2v) is 6.39. The molecule has 0 bridgehead atoms. The second-order valence-electron chi connectivity index (χ2n) is 6.39. The molecule has 2 amide bonds. The largest absolute Gasteiger partial charge is 0.376 e. The SMILES string of the molecule is C[C@@H](NC(=O)NCc1ccc(N2CCCC2)nc1)[C@H]1CCCO1. The predicted octanol–water partition coefficient (Wildman–Crippen LogP) is 2.05. The number of nitrogens with one attached hydrogen (secondary N) is 2. The van der Waals surface area contributed by atoms with Gasteiger partial charge in [-0.2, -0.15) is 0 Å². The summed E-state index contributed by atoms with van der Waals surface area (Å²) in [5.41, 5.74) is 1.01. The van der Waals surface area contributed by atoms with Gasteiger partial charge in [0.15, 0.2) is 0 Å². The van der Waals surface area contributed by atoms with Crippen LogP contribution in [0.2, 0.25) is 0 Å². The van der Waals surface area contributed by atoms with Crippen LogP contribution in [0.1, 0.15) is 38.2 Å². The summed E-state index contributed by atoms with van der Waals surface area (Å²) in [6.07, 6.45) is 6.57. The Balaban J connectivity index is 1.43. The highest BCUT2D eigenvalue weighted by atomic mass is 16.5. The molecule has 6 nitrogen and oxygen atoms in total. The van der Waals surface area contributed by atoms with E-state index in [9.17, 15) is 4.79 Å². The van der Waals surface area contributed by atoms with E-state index in [2.05, 4.69) is 20.5 Å². The Bertz CT molecular complexity index is 508. The fraction of sp³-hybridized carbons (Fsp3) is 0.647. The smallest absolute Gasteiger partial charge is 0.315 e. The molecule has 1 aromatic heterocycles. The molecule has 23 heavy (non-hydrogen) atoms. The lowest BCUT2D eigenvalue weighted by Gasteiger charge is -2.20. The van der Waals surface area contributed by atoms with E-state index in [1.807, 2.05) is 25.3 Å². The highest BCUT2D eigenvalue weighted by Crippen LogP contribution is 2.17. The minimum atomic E-state index is -0.156. The number of ether oxygens (including phenoxy) is 1. The molecule has 1 aromatic rings. The second kappa shape index (κ2) is 7.64. The average Bonchev–Trinajstić information content (AvgIpc) is 3.26. The Kier molecular flexibility index (Phi) is 5.33. The molecule has 126 valence electrons. The van der Waals surface area contributed by atoms with Gasteiger partial charge >= 0.3 is 6.03 Å². The Hall–Kier alpha value is -1.82. The lowest BCUT2D eigenvalue weighted by Crippen LogP contribution is -2.45. The molecule has 6 heteroatoms. The zero-order chi connectivity index (χ0) is 16.1.